The Hall–Kier alpha value is -4.60. The Morgan fingerprint density at radius 2 is 1.83 bits per heavy atom. The number of halogens is 1. The van der Waals surface area contributed by atoms with Crippen molar-refractivity contribution in [1.29, 1.82) is 0 Å². The molecule has 0 radical (unpaired) electrons. The number of hydrogen-bond acceptors (Lipinski definition) is 12. The molecule has 0 spiro atoms. The molecular formula is C32H39ClN12O3. The standard InChI is InChI=1S/C32H39ClN12O3/c1-22(18-44-21-37-40-41-44)48-29-15-23(3-8-27(29)33)24-16-35-32(36-17-24)38-28-19-45(39-31(28)47-20-30-34-9-10-42(30)2)26-6-4-25(5-7-26)43-11-13-46-14-12-43/h3,8-10,15-17,19,21-22,25-26H,4-7,11-14,18,20H2,1-2H3,(H,35,36,38)/t22-,25?,26?/m0/s1. The average molecular weight is 675 g/mol. The summed E-state index contributed by atoms with van der Waals surface area (Å²) in [5.41, 5.74) is 2.38. The molecule has 1 atom stereocenters. The van der Waals surface area contributed by atoms with Gasteiger partial charge in [-0.05, 0) is 60.7 Å². The zero-order valence-electron chi connectivity index (χ0n) is 27.0. The first kappa shape index (κ1) is 32.0. The normalized spacial score (nSPS) is 19.2. The van der Waals surface area contributed by atoms with Gasteiger partial charge >= 0.3 is 0 Å². The second kappa shape index (κ2) is 14.7. The zero-order valence-corrected chi connectivity index (χ0v) is 27.8. The van der Waals surface area contributed by atoms with Crippen LogP contribution in [-0.2, 0) is 24.9 Å². The summed E-state index contributed by atoms with van der Waals surface area (Å²) in [6, 6.07) is 6.48. The van der Waals surface area contributed by atoms with Crippen molar-refractivity contribution in [2.45, 2.75) is 63.9 Å². The largest absolute Gasteiger partial charge is 0.487 e. The van der Waals surface area contributed by atoms with E-state index in [0.717, 1.165) is 68.9 Å². The summed E-state index contributed by atoms with van der Waals surface area (Å²) in [4.78, 5) is 16.2. The maximum Gasteiger partial charge on any atom is 0.257 e. The van der Waals surface area contributed by atoms with E-state index in [1.54, 1.807) is 35.7 Å². The van der Waals surface area contributed by atoms with E-state index in [9.17, 15) is 0 Å². The van der Waals surface area contributed by atoms with Crippen LogP contribution in [0.4, 0.5) is 11.6 Å². The highest BCUT2D eigenvalue weighted by atomic mass is 35.5. The Balaban J connectivity index is 1.04. The predicted octanol–water partition coefficient (Wildman–Crippen LogP) is 4.32. The lowest BCUT2D eigenvalue weighted by Crippen LogP contribution is -2.45. The topological polar surface area (TPSA) is 148 Å². The summed E-state index contributed by atoms with van der Waals surface area (Å²) in [6.45, 7) is 6.39. The first-order valence-electron chi connectivity index (χ1n) is 16.2. The van der Waals surface area contributed by atoms with Gasteiger partial charge in [-0.3, -0.25) is 9.58 Å². The van der Waals surface area contributed by atoms with Crippen molar-refractivity contribution < 1.29 is 14.2 Å². The molecule has 15 nitrogen and oxygen atoms in total. The fraction of sp³-hybridized carbons (Fsp3) is 0.469. The van der Waals surface area contributed by atoms with Gasteiger partial charge in [0, 0.05) is 56.5 Å². The molecule has 1 aliphatic carbocycles. The van der Waals surface area contributed by atoms with Gasteiger partial charge in [0.2, 0.25) is 5.95 Å². The summed E-state index contributed by atoms with van der Waals surface area (Å²) < 4.78 is 23.5. The lowest BCUT2D eigenvalue weighted by molar-refractivity contribution is 0.00502. The van der Waals surface area contributed by atoms with Crippen molar-refractivity contribution in [3.63, 3.8) is 0 Å². The van der Waals surface area contributed by atoms with E-state index in [1.807, 2.05) is 47.7 Å². The van der Waals surface area contributed by atoms with Crippen LogP contribution in [0.25, 0.3) is 11.1 Å². The predicted molar refractivity (Wildman–Crippen MR) is 177 cm³/mol. The lowest BCUT2D eigenvalue weighted by atomic mass is 9.90. The summed E-state index contributed by atoms with van der Waals surface area (Å²) >= 11 is 6.46. The number of ether oxygens (including phenoxy) is 3. The van der Waals surface area contributed by atoms with Crippen LogP contribution in [0.2, 0.25) is 5.02 Å². The van der Waals surface area contributed by atoms with Crippen molar-refractivity contribution in [3.8, 4) is 22.8 Å². The van der Waals surface area contributed by atoms with Crippen LogP contribution in [0, 0.1) is 0 Å². The van der Waals surface area contributed by atoms with E-state index in [4.69, 9.17) is 30.9 Å². The number of tetrazole rings is 1. The molecular weight excluding hydrogens is 636 g/mol. The highest BCUT2D eigenvalue weighted by molar-refractivity contribution is 6.32. The Morgan fingerprint density at radius 1 is 1.04 bits per heavy atom. The van der Waals surface area contributed by atoms with Gasteiger partial charge in [0.25, 0.3) is 5.88 Å². The first-order valence-corrected chi connectivity index (χ1v) is 16.6. The Labute approximate surface area is 283 Å². The molecule has 1 saturated heterocycles. The second-order valence-corrected chi connectivity index (χ2v) is 12.6. The summed E-state index contributed by atoms with van der Waals surface area (Å²) in [6.07, 6.45) is 14.9. The van der Waals surface area contributed by atoms with E-state index in [2.05, 4.69) is 40.7 Å². The highest BCUT2D eigenvalue weighted by Gasteiger charge is 2.29. The van der Waals surface area contributed by atoms with Crippen LogP contribution in [-0.4, -0.2) is 92.9 Å². The van der Waals surface area contributed by atoms with Gasteiger partial charge in [-0.2, -0.15) is 0 Å². The SMILES string of the molecule is C[C@@H](Cn1cnnn1)Oc1cc(-c2cnc(Nc3cn(C4CCC(N5CCOCC5)CC4)nc3OCc3nccn3C)nc2)ccc1Cl. The molecule has 16 heteroatoms. The molecule has 0 bridgehead atoms. The quantitative estimate of drug-likeness (QED) is 0.201. The van der Waals surface area contributed by atoms with E-state index in [-0.39, 0.29) is 18.8 Å². The number of benzene rings is 1. The molecule has 5 heterocycles. The minimum Gasteiger partial charge on any atom is -0.487 e. The van der Waals surface area contributed by atoms with Crippen LogP contribution in [0.15, 0.2) is 55.5 Å². The molecule has 48 heavy (non-hydrogen) atoms. The summed E-state index contributed by atoms with van der Waals surface area (Å²) in [7, 11) is 1.94. The highest BCUT2D eigenvalue weighted by Crippen LogP contribution is 2.35. The van der Waals surface area contributed by atoms with Crippen LogP contribution >= 0.6 is 11.6 Å². The molecule has 4 aromatic heterocycles. The number of imidazole rings is 1. The second-order valence-electron chi connectivity index (χ2n) is 12.2. The van der Waals surface area contributed by atoms with Gasteiger partial charge in [0.05, 0.1) is 37.0 Å². The van der Waals surface area contributed by atoms with Gasteiger partial charge in [0.1, 0.15) is 36.3 Å². The third kappa shape index (κ3) is 7.58. The third-order valence-electron chi connectivity index (χ3n) is 8.89. The maximum atomic E-state index is 6.46. The number of aromatic nitrogens is 10. The number of rotatable bonds is 12. The van der Waals surface area contributed by atoms with Gasteiger partial charge < -0.3 is 24.1 Å². The monoisotopic (exact) mass is 674 g/mol. The molecule has 1 saturated carbocycles. The molecule has 5 aromatic rings. The van der Waals surface area contributed by atoms with Crippen LogP contribution in [0.3, 0.4) is 0 Å². The van der Waals surface area contributed by atoms with Crippen molar-refractivity contribution in [2.24, 2.45) is 7.05 Å². The molecule has 2 aliphatic rings. The Bertz CT molecular complexity index is 1760. The number of hydrogen-bond donors (Lipinski definition) is 1. The fourth-order valence-corrected chi connectivity index (χ4v) is 6.43. The van der Waals surface area contributed by atoms with E-state index < -0.39 is 0 Å². The number of nitrogens with one attached hydrogen (secondary N) is 1. The summed E-state index contributed by atoms with van der Waals surface area (Å²) in [5, 5.41) is 20.0. The van der Waals surface area contributed by atoms with E-state index in [0.29, 0.717) is 40.9 Å². The van der Waals surface area contributed by atoms with E-state index >= 15 is 0 Å². The average Bonchev–Trinajstić information content (AvgIpc) is 3.88. The van der Waals surface area contributed by atoms with Crippen LogP contribution in [0.1, 0.15) is 44.5 Å². The number of aryl methyl sites for hydroxylation is 1. The van der Waals surface area contributed by atoms with Gasteiger partial charge in [0.15, 0.2) is 0 Å². The third-order valence-corrected chi connectivity index (χ3v) is 9.20. The van der Waals surface area contributed by atoms with Crippen molar-refractivity contribution in [1.82, 2.24) is 54.4 Å². The minimum absolute atomic E-state index is 0.210. The number of nitrogens with zero attached hydrogens (tertiary/aromatic N) is 11. The number of morpholine rings is 1. The van der Waals surface area contributed by atoms with Gasteiger partial charge in [-0.25, -0.2) is 19.6 Å². The zero-order chi connectivity index (χ0) is 32.9. The molecule has 7 rings (SSSR count). The van der Waals surface area contributed by atoms with E-state index in [1.165, 1.54) is 0 Å². The van der Waals surface area contributed by atoms with Gasteiger partial charge in [-0.15, -0.1) is 10.2 Å². The smallest absolute Gasteiger partial charge is 0.257 e. The molecule has 252 valence electrons. The molecule has 1 aromatic carbocycles. The molecule has 1 N–H and O–H groups in total. The number of anilines is 2. The van der Waals surface area contributed by atoms with Crippen molar-refractivity contribution in [3.05, 3.63) is 66.4 Å². The minimum atomic E-state index is -0.210. The Morgan fingerprint density at radius 3 is 2.56 bits per heavy atom. The Kier molecular flexibility index (Phi) is 9.77. The first-order chi connectivity index (χ1) is 23.5. The molecule has 0 amide bonds. The molecule has 1 aliphatic heterocycles. The van der Waals surface area contributed by atoms with Crippen molar-refractivity contribution >= 4 is 23.2 Å². The lowest BCUT2D eigenvalue weighted by Gasteiger charge is -2.38. The van der Waals surface area contributed by atoms with Crippen LogP contribution < -0.4 is 14.8 Å². The van der Waals surface area contributed by atoms with Crippen molar-refractivity contribution in [2.75, 3.05) is 31.6 Å². The molecule has 2 fully saturated rings. The molecule has 0 unspecified atom stereocenters. The fourth-order valence-electron chi connectivity index (χ4n) is 6.27. The summed E-state index contributed by atoms with van der Waals surface area (Å²) in [5.74, 6) is 2.27. The van der Waals surface area contributed by atoms with Gasteiger partial charge in [-0.1, -0.05) is 17.7 Å². The van der Waals surface area contributed by atoms with Crippen LogP contribution in [0.5, 0.6) is 11.6 Å². The maximum absolute atomic E-state index is 6.46.